The molecule has 27 heteroatoms. The van der Waals surface area contributed by atoms with Gasteiger partial charge in [0.25, 0.3) is 5.91 Å². The van der Waals surface area contributed by atoms with Crippen LogP contribution in [0.5, 0.6) is 0 Å². The summed E-state index contributed by atoms with van der Waals surface area (Å²) in [5, 5.41) is 27.8. The van der Waals surface area contributed by atoms with E-state index >= 15 is 0 Å². The Bertz CT molecular complexity index is 2730. The molecule has 1 aromatic carbocycles. The van der Waals surface area contributed by atoms with Crippen LogP contribution in [0.2, 0.25) is 0 Å². The van der Waals surface area contributed by atoms with Crippen molar-refractivity contribution >= 4 is 94.0 Å². The number of rotatable bonds is 35. The number of aliphatic carboxylic acids is 1. The Kier molecular flexibility index (Phi) is 29.7. The number of anilines is 1. The largest absolute Gasteiger partial charge is 0.481 e. The monoisotopic (exact) mass is 1270 g/mol. The van der Waals surface area contributed by atoms with Gasteiger partial charge in [0.1, 0.15) is 34.9 Å². The van der Waals surface area contributed by atoms with Crippen molar-refractivity contribution in [1.82, 2.24) is 46.3 Å². The number of amides is 10. The lowest BCUT2D eigenvalue weighted by Gasteiger charge is -2.40. The van der Waals surface area contributed by atoms with Gasteiger partial charge in [-0.1, -0.05) is 94.2 Å². The molecule has 2 aliphatic heterocycles. The van der Waals surface area contributed by atoms with E-state index in [1.54, 1.807) is 43.0 Å². The molecule has 3 heterocycles. The lowest BCUT2D eigenvalue weighted by atomic mass is 9.92. The number of nitrogens with zero attached hydrogens (tertiary/aromatic N) is 4. The summed E-state index contributed by atoms with van der Waals surface area (Å²) in [6.07, 6.45) is 3.32. The highest BCUT2D eigenvalue weighted by atomic mass is 32.2. The number of carboxylic acid groups (broad SMARTS) is 1. The standard InChI is InChI=1S/C61H96N12O13S2/c1-13-25-72(59(82)51(36(9)14-2)70-54(78)44-19-15-16-26-71(44)12)45(33(3)4)29-47(86-38(11)74)57-68-43(32-87-57)53(77)66-41(27-37(10)60(83)84)28-39-20-22-40(23-21-39)65-52(76)42(18-17-24-64-61(63)85)67-56(80)50(34(5)6)69-55(79)46(31-62)73-49(75)30-48(58(73)81)88-35(7)8/h20-23,32-37,41-42,44-48,50-51H,13-19,24-31,62H2,1-12H3,(H,65,76)(H,66,77)(H,67,80)(H,69,79)(H,70,78)(H,83,84)(H3,63,64,85)/t36-,37-,41+,42-,44+,45+,46?,47+,48?,50-,51-/m0/s1. The number of primary amides is 1. The number of nitrogens with two attached hydrogens (primary N) is 2. The second-order valence-corrected chi connectivity index (χ2v) is 26.8. The van der Waals surface area contributed by atoms with Crippen LogP contribution in [0.15, 0.2) is 29.6 Å². The Hall–Kier alpha value is -6.71. The van der Waals surface area contributed by atoms with E-state index < -0.39 is 119 Å². The summed E-state index contributed by atoms with van der Waals surface area (Å²) >= 11 is 2.41. The summed E-state index contributed by atoms with van der Waals surface area (Å²) in [6.45, 7) is 20.5. The first-order chi connectivity index (χ1) is 41.5. The molecule has 0 bridgehead atoms. The zero-order chi connectivity index (χ0) is 65.7. The molecule has 11 N–H and O–H groups in total. The number of piperidine rings is 1. The maximum absolute atomic E-state index is 14.8. The summed E-state index contributed by atoms with van der Waals surface area (Å²) in [5.74, 6) is -7.77. The van der Waals surface area contributed by atoms with Crippen LogP contribution in [0, 0.1) is 23.7 Å². The molecule has 4 rings (SSSR count). The Morgan fingerprint density at radius 1 is 0.875 bits per heavy atom. The van der Waals surface area contributed by atoms with Crippen molar-refractivity contribution < 1.29 is 62.6 Å². The van der Waals surface area contributed by atoms with Gasteiger partial charge in [0, 0.05) is 62.6 Å². The molecule has 2 aromatic rings. The highest BCUT2D eigenvalue weighted by Gasteiger charge is 2.46. The minimum atomic E-state index is -1.39. The fourth-order valence-electron chi connectivity index (χ4n) is 10.9. The predicted octanol–water partition coefficient (Wildman–Crippen LogP) is 4.48. The number of thioether (sulfide) groups is 1. The van der Waals surface area contributed by atoms with Crippen LogP contribution in [-0.2, 0) is 54.3 Å². The van der Waals surface area contributed by atoms with Crippen LogP contribution in [-0.4, -0.2) is 176 Å². The molecule has 0 saturated carbocycles. The fourth-order valence-corrected chi connectivity index (χ4v) is 12.8. The first-order valence-corrected chi connectivity index (χ1v) is 32.6. The summed E-state index contributed by atoms with van der Waals surface area (Å²) in [7, 11) is 1.92. The Balaban J connectivity index is 1.52. The number of likely N-dealkylation sites (tertiary alicyclic amines) is 2. The topological polar surface area (TPSA) is 364 Å². The van der Waals surface area contributed by atoms with E-state index in [1.165, 1.54) is 31.0 Å². The van der Waals surface area contributed by atoms with Crippen molar-refractivity contribution in [2.75, 3.05) is 38.5 Å². The fraction of sp³-hybridized carbons (Fsp3) is 0.672. The molecule has 0 radical (unpaired) electrons. The third-order valence-electron chi connectivity index (χ3n) is 15.9. The number of carboxylic acids is 1. The molecule has 490 valence electrons. The average molecular weight is 1270 g/mol. The molecule has 2 aliphatic rings. The summed E-state index contributed by atoms with van der Waals surface area (Å²) in [4.78, 5) is 156. The molecule has 2 saturated heterocycles. The van der Waals surface area contributed by atoms with Gasteiger partial charge in [-0.2, -0.15) is 0 Å². The molecule has 25 nitrogen and oxygen atoms in total. The van der Waals surface area contributed by atoms with Crippen LogP contribution >= 0.6 is 23.1 Å². The number of carbonyl (C=O) groups is 11. The van der Waals surface area contributed by atoms with Crippen LogP contribution in [0.4, 0.5) is 10.5 Å². The van der Waals surface area contributed by atoms with E-state index in [1.807, 2.05) is 60.4 Å². The third-order valence-corrected chi connectivity index (χ3v) is 18.1. The Labute approximate surface area is 525 Å². The van der Waals surface area contributed by atoms with Crippen molar-refractivity contribution in [1.29, 1.82) is 0 Å². The average Bonchev–Trinajstić information content (AvgIpc) is 4.08. The lowest BCUT2D eigenvalue weighted by Crippen LogP contribution is -2.60. The summed E-state index contributed by atoms with van der Waals surface area (Å²) < 4.78 is 5.91. The molecular weight excluding hydrogens is 1170 g/mol. The van der Waals surface area contributed by atoms with Gasteiger partial charge in [0.2, 0.25) is 41.4 Å². The predicted molar refractivity (Wildman–Crippen MR) is 336 cm³/mol. The number of nitrogens with one attached hydrogen (secondary N) is 6. The molecule has 2 fully saturated rings. The number of esters is 1. The first kappa shape index (κ1) is 73.8. The zero-order valence-electron chi connectivity index (χ0n) is 53.2. The zero-order valence-corrected chi connectivity index (χ0v) is 54.8. The van der Waals surface area contributed by atoms with Gasteiger partial charge in [0.05, 0.1) is 17.2 Å². The molecule has 0 spiro atoms. The van der Waals surface area contributed by atoms with Gasteiger partial charge in [-0.3, -0.25) is 57.7 Å². The van der Waals surface area contributed by atoms with Crippen LogP contribution in [0.3, 0.4) is 0 Å². The van der Waals surface area contributed by atoms with Gasteiger partial charge < -0.3 is 58.1 Å². The third kappa shape index (κ3) is 21.8. The smallest absolute Gasteiger partial charge is 0.312 e. The van der Waals surface area contributed by atoms with Crippen molar-refractivity contribution in [3.05, 3.63) is 45.9 Å². The molecular formula is C61H96N12O13S2. The quantitative estimate of drug-likeness (QED) is 0.0261. The van der Waals surface area contributed by atoms with Gasteiger partial charge in [-0.05, 0) is 99.2 Å². The number of thiazole rings is 1. The van der Waals surface area contributed by atoms with Crippen LogP contribution < -0.4 is 43.4 Å². The highest BCUT2D eigenvalue weighted by Crippen LogP contribution is 2.33. The van der Waals surface area contributed by atoms with Crippen molar-refractivity contribution in [2.45, 2.75) is 206 Å². The lowest BCUT2D eigenvalue weighted by molar-refractivity contribution is -0.150. The van der Waals surface area contributed by atoms with Gasteiger partial charge in [-0.25, -0.2) is 9.78 Å². The van der Waals surface area contributed by atoms with Gasteiger partial charge >= 0.3 is 18.0 Å². The Morgan fingerprint density at radius 3 is 2.12 bits per heavy atom. The van der Waals surface area contributed by atoms with Crippen molar-refractivity contribution in [2.24, 2.45) is 35.1 Å². The van der Waals surface area contributed by atoms with E-state index in [0.717, 1.165) is 35.6 Å². The van der Waals surface area contributed by atoms with E-state index in [9.17, 15) is 57.8 Å². The van der Waals surface area contributed by atoms with Gasteiger partial charge in [-0.15, -0.1) is 23.1 Å². The molecule has 0 aliphatic carbocycles. The number of hydrogen-bond donors (Lipinski definition) is 9. The maximum atomic E-state index is 14.8. The number of ether oxygens (including phenoxy) is 1. The molecule has 10 amide bonds. The normalized spacial score (nSPS) is 18.5. The van der Waals surface area contributed by atoms with Gasteiger partial charge in [0.15, 0.2) is 6.10 Å². The second kappa shape index (κ2) is 35.5. The van der Waals surface area contributed by atoms with Crippen molar-refractivity contribution in [3.63, 3.8) is 0 Å². The number of hydrogen-bond acceptors (Lipinski definition) is 17. The van der Waals surface area contributed by atoms with Crippen LogP contribution in [0.1, 0.15) is 168 Å². The minimum absolute atomic E-state index is 0.00330. The SMILES string of the molecule is CCCN(C(=O)[C@@H](NC(=O)[C@H]1CCCCN1C)[C@@H](C)CC)[C@H](C[C@@H](OC(C)=O)c1nc(C(=O)N[C@@H](Cc2ccc(NC(=O)[C@H](CCCNC(N)=O)NC(=O)[C@@H](NC(=O)C(CN)N3C(=O)CC(SC(C)C)C3=O)C(C)C)cc2)C[C@H](C)C(=O)O)cs1)C(C)C. The maximum Gasteiger partial charge on any atom is 0.312 e. The van der Waals surface area contributed by atoms with E-state index in [2.05, 4.69) is 36.9 Å². The number of imide groups is 1. The molecule has 2 unspecified atom stereocenters. The number of carbonyl (C=O) groups excluding carboxylic acids is 10. The van der Waals surface area contributed by atoms with E-state index in [4.69, 9.17) is 16.2 Å². The van der Waals surface area contributed by atoms with Crippen molar-refractivity contribution in [3.8, 4) is 0 Å². The minimum Gasteiger partial charge on any atom is -0.481 e. The molecule has 1 aromatic heterocycles. The number of aromatic nitrogens is 1. The highest BCUT2D eigenvalue weighted by molar-refractivity contribution is 8.01. The van der Waals surface area contributed by atoms with E-state index in [-0.39, 0.29) is 85.7 Å². The number of benzene rings is 1. The molecule has 11 atom stereocenters. The Morgan fingerprint density at radius 2 is 1.56 bits per heavy atom. The number of likely N-dealkylation sites (N-methyl/N-ethyl adjacent to an activating group) is 1. The summed E-state index contributed by atoms with van der Waals surface area (Å²) in [5.41, 5.74) is 12.2. The first-order valence-electron chi connectivity index (χ1n) is 30.7. The van der Waals surface area contributed by atoms with Crippen LogP contribution in [0.25, 0.3) is 0 Å². The summed E-state index contributed by atoms with van der Waals surface area (Å²) in [6, 6.07) is -0.456. The molecule has 88 heavy (non-hydrogen) atoms. The number of urea groups is 1. The van der Waals surface area contributed by atoms with E-state index in [0.29, 0.717) is 42.1 Å². The second-order valence-electron chi connectivity index (χ2n) is 24.1.